The average Bonchev–Trinajstić information content (AvgIpc) is 3.76. The number of furan rings is 1. The van der Waals surface area contributed by atoms with E-state index in [4.69, 9.17) is 13.9 Å². The fraction of sp³-hybridized carbons (Fsp3) is 0.107. The molecule has 216 valence electrons. The van der Waals surface area contributed by atoms with Gasteiger partial charge in [0.2, 0.25) is 15.9 Å². The Bertz CT molecular complexity index is 1830. The van der Waals surface area contributed by atoms with E-state index >= 15 is 0 Å². The number of benzene rings is 2. The molecule has 0 saturated heterocycles. The summed E-state index contributed by atoms with van der Waals surface area (Å²) < 4.78 is 47.4. The summed E-state index contributed by atoms with van der Waals surface area (Å²) in [5.41, 5.74) is 0.536. The van der Waals surface area contributed by atoms with E-state index in [2.05, 4.69) is 15.1 Å². The van der Waals surface area contributed by atoms with Crippen molar-refractivity contribution in [3.05, 3.63) is 100 Å². The number of carbonyl (C=O) groups excluding carboxylic acids is 1. The molecule has 14 heteroatoms. The number of hydrogen-bond acceptors (Lipinski definition) is 9. The van der Waals surface area contributed by atoms with Gasteiger partial charge in [-0.2, -0.15) is 9.78 Å². The molecule has 2 aromatic carbocycles. The summed E-state index contributed by atoms with van der Waals surface area (Å²) in [7, 11) is -2.74. The van der Waals surface area contributed by atoms with Crippen LogP contribution in [-0.4, -0.2) is 42.3 Å². The second kappa shape index (κ2) is 11.9. The molecule has 0 aliphatic heterocycles. The highest BCUT2D eigenvalue weighted by atomic mass is 32.2. The van der Waals surface area contributed by atoms with E-state index in [0.29, 0.717) is 22.1 Å². The molecular weight excluding hydrogens is 584 g/mol. The highest BCUT2D eigenvalue weighted by Gasteiger charge is 2.27. The SMILES string of the molecule is COc1ccc(-n2nc(C(=O)O)c(C)c2Oc2ccc(NC(=O)c3cccs3)cc2S(=O)(=O)NCc2ccco2)cc1. The highest BCUT2D eigenvalue weighted by molar-refractivity contribution is 7.89. The fourth-order valence-electron chi connectivity index (χ4n) is 3.94. The average molecular weight is 609 g/mol. The lowest BCUT2D eigenvalue weighted by atomic mass is 10.2. The maximum Gasteiger partial charge on any atom is 0.356 e. The van der Waals surface area contributed by atoms with Crippen LogP contribution < -0.4 is 19.5 Å². The van der Waals surface area contributed by atoms with E-state index in [1.54, 1.807) is 53.9 Å². The van der Waals surface area contributed by atoms with Crippen molar-refractivity contribution in [1.82, 2.24) is 14.5 Å². The number of ether oxygens (including phenoxy) is 2. The quantitative estimate of drug-likeness (QED) is 0.186. The van der Waals surface area contributed by atoms with E-state index in [-0.39, 0.29) is 40.0 Å². The summed E-state index contributed by atoms with van der Waals surface area (Å²) in [6, 6.07) is 17.3. The van der Waals surface area contributed by atoms with Gasteiger partial charge in [0.1, 0.15) is 22.2 Å². The van der Waals surface area contributed by atoms with Gasteiger partial charge in [0.05, 0.1) is 30.5 Å². The largest absolute Gasteiger partial charge is 0.497 e. The second-order valence-corrected chi connectivity index (χ2v) is 11.5. The molecule has 0 saturated carbocycles. The number of methoxy groups -OCH3 is 1. The third-order valence-electron chi connectivity index (χ3n) is 6.05. The number of amides is 1. The molecule has 12 nitrogen and oxygen atoms in total. The predicted molar refractivity (Wildman–Crippen MR) is 153 cm³/mol. The van der Waals surface area contributed by atoms with Gasteiger partial charge < -0.3 is 24.3 Å². The van der Waals surface area contributed by atoms with Crippen molar-refractivity contribution in [3.63, 3.8) is 0 Å². The normalized spacial score (nSPS) is 11.3. The molecule has 0 spiro atoms. The van der Waals surface area contributed by atoms with Crippen LogP contribution in [0.1, 0.15) is 31.5 Å². The number of nitrogens with zero attached hydrogens (tertiary/aromatic N) is 2. The van der Waals surface area contributed by atoms with Crippen LogP contribution >= 0.6 is 11.3 Å². The van der Waals surface area contributed by atoms with E-state index in [9.17, 15) is 23.1 Å². The maximum absolute atomic E-state index is 13.6. The van der Waals surface area contributed by atoms with Gasteiger partial charge in [0.15, 0.2) is 5.69 Å². The number of thiophene rings is 1. The van der Waals surface area contributed by atoms with Crippen molar-refractivity contribution < 1.29 is 37.0 Å². The minimum Gasteiger partial charge on any atom is -0.497 e. The van der Waals surface area contributed by atoms with Crippen LogP contribution in [-0.2, 0) is 16.6 Å². The third kappa shape index (κ3) is 6.05. The smallest absolute Gasteiger partial charge is 0.356 e. The minimum absolute atomic E-state index is 0.0181. The molecule has 0 radical (unpaired) electrons. The number of carboxylic acid groups (broad SMARTS) is 1. The number of hydrogen-bond donors (Lipinski definition) is 3. The molecule has 0 unspecified atom stereocenters. The van der Waals surface area contributed by atoms with Crippen LogP contribution in [0, 0.1) is 6.92 Å². The summed E-state index contributed by atoms with van der Waals surface area (Å²) in [5.74, 6) is -0.905. The molecule has 42 heavy (non-hydrogen) atoms. The van der Waals surface area contributed by atoms with Gasteiger partial charge in [-0.05, 0) is 73.0 Å². The van der Waals surface area contributed by atoms with E-state index < -0.39 is 21.9 Å². The number of anilines is 1. The number of sulfonamides is 1. The summed E-state index contributed by atoms with van der Waals surface area (Å²) in [5, 5.41) is 18.4. The van der Waals surface area contributed by atoms with Crippen molar-refractivity contribution in [2.45, 2.75) is 18.4 Å². The number of aromatic nitrogens is 2. The third-order valence-corrected chi connectivity index (χ3v) is 8.34. The van der Waals surface area contributed by atoms with E-state index in [1.165, 1.54) is 54.5 Å². The van der Waals surface area contributed by atoms with E-state index in [0.717, 1.165) is 0 Å². The Morgan fingerprint density at radius 3 is 2.52 bits per heavy atom. The molecule has 5 rings (SSSR count). The fourth-order valence-corrected chi connectivity index (χ4v) is 5.71. The van der Waals surface area contributed by atoms with Crippen molar-refractivity contribution in [3.8, 4) is 23.1 Å². The standard InChI is InChI=1S/C28H24N4O8S2/c1-17-25(28(34)35)31-32(19-8-10-20(38-2)11-9-19)27(17)40-22-12-7-18(30-26(33)23-6-4-14-41-23)15-24(22)42(36,37)29-16-21-5-3-13-39-21/h3-15,29H,16H2,1-2H3,(H,30,33)(H,34,35). The summed E-state index contributed by atoms with van der Waals surface area (Å²) in [6.45, 7) is 1.36. The Kier molecular flexibility index (Phi) is 8.10. The zero-order valence-corrected chi connectivity index (χ0v) is 23.9. The van der Waals surface area contributed by atoms with Crippen LogP contribution in [0.4, 0.5) is 5.69 Å². The number of nitrogens with one attached hydrogen (secondary N) is 2. The van der Waals surface area contributed by atoms with Gasteiger partial charge in [-0.25, -0.2) is 17.9 Å². The maximum atomic E-state index is 13.6. The molecule has 0 aliphatic carbocycles. The topological polar surface area (TPSA) is 162 Å². The van der Waals surface area contributed by atoms with Crippen molar-refractivity contribution in [1.29, 1.82) is 0 Å². The van der Waals surface area contributed by atoms with E-state index in [1.807, 2.05) is 0 Å². The molecule has 0 bridgehead atoms. The van der Waals surface area contributed by atoms with Gasteiger partial charge in [0.25, 0.3) is 5.91 Å². The molecule has 3 heterocycles. The lowest BCUT2D eigenvalue weighted by Gasteiger charge is -2.16. The molecule has 0 atom stereocenters. The zero-order valence-electron chi connectivity index (χ0n) is 22.2. The van der Waals surface area contributed by atoms with Crippen LogP contribution in [0.15, 0.2) is 87.7 Å². The molecule has 3 aromatic heterocycles. The van der Waals surface area contributed by atoms with Gasteiger partial charge in [-0.3, -0.25) is 4.79 Å². The molecule has 3 N–H and O–H groups in total. The Hall–Kier alpha value is -4.92. The Morgan fingerprint density at radius 2 is 1.88 bits per heavy atom. The first-order valence-corrected chi connectivity index (χ1v) is 14.7. The van der Waals surface area contributed by atoms with Crippen LogP contribution in [0.2, 0.25) is 0 Å². The second-order valence-electron chi connectivity index (χ2n) is 8.79. The van der Waals surface area contributed by atoms with Crippen molar-refractivity contribution >= 4 is 38.9 Å². The van der Waals surface area contributed by atoms with Crippen LogP contribution in [0.3, 0.4) is 0 Å². The first kappa shape index (κ1) is 28.6. The Labute approximate surface area is 244 Å². The molecule has 0 fully saturated rings. The number of carboxylic acids is 1. The van der Waals surface area contributed by atoms with Gasteiger partial charge in [0, 0.05) is 11.3 Å². The molecule has 0 aliphatic rings. The molecule has 1 amide bonds. The lowest BCUT2D eigenvalue weighted by Crippen LogP contribution is -2.24. The van der Waals surface area contributed by atoms with Crippen LogP contribution in [0.25, 0.3) is 5.69 Å². The first-order valence-electron chi connectivity index (χ1n) is 12.3. The summed E-state index contributed by atoms with van der Waals surface area (Å²) >= 11 is 1.24. The highest BCUT2D eigenvalue weighted by Crippen LogP contribution is 2.36. The zero-order chi connectivity index (χ0) is 29.9. The summed E-state index contributed by atoms with van der Waals surface area (Å²) in [6.07, 6.45) is 1.42. The number of carbonyl (C=O) groups is 2. The molecule has 5 aromatic rings. The number of rotatable bonds is 11. The molecular formula is C28H24N4O8S2. The lowest BCUT2D eigenvalue weighted by molar-refractivity contribution is 0.0689. The Morgan fingerprint density at radius 1 is 1.10 bits per heavy atom. The van der Waals surface area contributed by atoms with Gasteiger partial charge in [-0.15, -0.1) is 11.3 Å². The van der Waals surface area contributed by atoms with Gasteiger partial charge in [-0.1, -0.05) is 6.07 Å². The van der Waals surface area contributed by atoms with Crippen molar-refractivity contribution in [2.24, 2.45) is 0 Å². The van der Waals surface area contributed by atoms with Crippen molar-refractivity contribution in [2.75, 3.05) is 12.4 Å². The number of aromatic carboxylic acids is 1. The first-order chi connectivity index (χ1) is 20.2. The predicted octanol–water partition coefficient (Wildman–Crippen LogP) is 5.07. The minimum atomic E-state index is -4.25. The monoisotopic (exact) mass is 608 g/mol. The Balaban J connectivity index is 1.57. The van der Waals surface area contributed by atoms with Gasteiger partial charge >= 0.3 is 5.97 Å². The summed E-state index contributed by atoms with van der Waals surface area (Å²) in [4.78, 5) is 24.7. The van der Waals surface area contributed by atoms with Crippen LogP contribution in [0.5, 0.6) is 17.4 Å².